The summed E-state index contributed by atoms with van der Waals surface area (Å²) in [6.45, 7) is 11.8. The van der Waals surface area contributed by atoms with E-state index in [2.05, 4.69) is 19.7 Å². The Morgan fingerprint density at radius 1 is 0.918 bits per heavy atom. The van der Waals surface area contributed by atoms with Gasteiger partial charge in [0.05, 0.1) is 25.4 Å². The predicted octanol–water partition coefficient (Wildman–Crippen LogP) is 8.21. The lowest BCUT2D eigenvalue weighted by Crippen LogP contribution is -2.07. The maximum Gasteiger partial charge on any atom is 0.304 e. The first-order valence-electron chi connectivity index (χ1n) is 15.6. The molecule has 1 atom stereocenters. The van der Waals surface area contributed by atoms with Crippen molar-refractivity contribution in [3.8, 4) is 34.1 Å². The summed E-state index contributed by atoms with van der Waals surface area (Å²) in [5.41, 5.74) is 4.57. The van der Waals surface area contributed by atoms with Crippen LogP contribution in [0.1, 0.15) is 46.6 Å². The summed E-state index contributed by atoms with van der Waals surface area (Å²) in [5.74, 6) is 0.0351. The van der Waals surface area contributed by atoms with Gasteiger partial charge in [-0.15, -0.1) is 0 Å². The van der Waals surface area contributed by atoms with Gasteiger partial charge < -0.3 is 24.1 Å². The Labute approximate surface area is 285 Å². The number of ether oxygens (including phenoxy) is 4. The molecule has 1 N–H and O–H groups in total. The summed E-state index contributed by atoms with van der Waals surface area (Å²) < 4.78 is 63.1. The predicted molar refractivity (Wildman–Crippen MR) is 188 cm³/mol. The van der Waals surface area contributed by atoms with Gasteiger partial charge in [0.2, 0.25) is 0 Å². The number of hydrogen-bond donors (Lipinski definition) is 1. The Hall–Kier alpha value is -5.35. The van der Waals surface area contributed by atoms with Gasteiger partial charge in [0.15, 0.2) is 9.84 Å². The molecular formula is C39H37FO8S. The van der Waals surface area contributed by atoms with Crippen LogP contribution in [-0.2, 0) is 27.8 Å². The molecule has 49 heavy (non-hydrogen) atoms. The number of hydrogen-bond acceptors (Lipinski definition) is 7. The van der Waals surface area contributed by atoms with Crippen molar-refractivity contribution in [1.29, 1.82) is 0 Å². The molecule has 4 aromatic rings. The average Bonchev–Trinajstić information content (AvgIpc) is 3.49. The topological polar surface area (TPSA) is 108 Å². The molecule has 5 rings (SSSR count). The molecule has 0 amide bonds. The van der Waals surface area contributed by atoms with E-state index in [9.17, 15) is 18.3 Å². The van der Waals surface area contributed by atoms with Crippen LogP contribution in [0, 0.1) is 5.82 Å². The minimum atomic E-state index is -3.34. The van der Waals surface area contributed by atoms with Gasteiger partial charge >= 0.3 is 5.97 Å². The molecule has 1 aliphatic heterocycles. The fourth-order valence-electron chi connectivity index (χ4n) is 5.56. The molecule has 0 spiro atoms. The van der Waals surface area contributed by atoms with Crippen LogP contribution in [0.25, 0.3) is 23.3 Å². The van der Waals surface area contributed by atoms with Gasteiger partial charge in [-0.2, -0.15) is 0 Å². The van der Waals surface area contributed by atoms with E-state index in [1.165, 1.54) is 6.07 Å². The fourth-order valence-corrected chi connectivity index (χ4v) is 6.24. The minimum absolute atomic E-state index is 0.0353. The number of aliphatic carboxylic acids is 1. The van der Waals surface area contributed by atoms with Crippen molar-refractivity contribution in [3.63, 3.8) is 0 Å². The Bertz CT molecular complexity index is 1940. The highest BCUT2D eigenvalue weighted by Crippen LogP contribution is 2.41. The summed E-state index contributed by atoms with van der Waals surface area (Å²) in [7, 11) is -3.34. The van der Waals surface area contributed by atoms with Crippen LogP contribution in [0.3, 0.4) is 0 Å². The molecule has 254 valence electrons. The molecule has 0 bridgehead atoms. The lowest BCUT2D eigenvalue weighted by molar-refractivity contribution is -0.137. The lowest BCUT2D eigenvalue weighted by Gasteiger charge is -2.19. The Balaban J connectivity index is 1.46. The van der Waals surface area contributed by atoms with E-state index < -0.39 is 21.6 Å². The SMILES string of the molecule is C=Cc1cc(OCCCS(=O)(=O)C=C)cc(C=C)c1-c1cc(COc2ccc3c(c2)OC[C@H]3CC(=O)O)c(F)cc1OCc1ccccc1. The monoisotopic (exact) mass is 684 g/mol. The van der Waals surface area contributed by atoms with Crippen molar-refractivity contribution in [2.24, 2.45) is 0 Å². The van der Waals surface area contributed by atoms with Crippen LogP contribution in [-0.4, -0.2) is 38.5 Å². The standard InChI is InChI=1S/C39H37FO8S/c1-4-27-17-32(45-15-10-16-49(43,44)6-3)18-28(5-2)39(27)34-19-30(35(40)22-37(34)47-23-26-11-8-7-9-12-26)25-46-31-13-14-33-29(20-38(41)42)24-48-36(33)21-31/h4-9,11-14,17-19,21-22,29H,1-3,10,15-16,20,23-25H2,(H,41,42)/t29-/m1/s1. The minimum Gasteiger partial charge on any atom is -0.494 e. The third kappa shape index (κ3) is 8.77. The highest BCUT2D eigenvalue weighted by Gasteiger charge is 2.27. The summed E-state index contributed by atoms with van der Waals surface area (Å²) in [6, 6.07) is 21.3. The normalized spacial score (nSPS) is 13.5. The number of carboxylic acid groups (broad SMARTS) is 1. The molecule has 1 aliphatic rings. The van der Waals surface area contributed by atoms with E-state index in [0.717, 1.165) is 16.5 Å². The van der Waals surface area contributed by atoms with Crippen LogP contribution in [0.15, 0.2) is 97.9 Å². The molecule has 0 saturated carbocycles. The molecule has 0 fully saturated rings. The van der Waals surface area contributed by atoms with Crippen molar-refractivity contribution in [1.82, 2.24) is 0 Å². The van der Waals surface area contributed by atoms with Crippen molar-refractivity contribution < 1.29 is 41.7 Å². The van der Waals surface area contributed by atoms with Crippen LogP contribution in [0.5, 0.6) is 23.0 Å². The molecule has 0 unspecified atom stereocenters. The van der Waals surface area contributed by atoms with Crippen LogP contribution in [0.4, 0.5) is 4.39 Å². The third-order valence-corrected chi connectivity index (χ3v) is 9.41. The maximum absolute atomic E-state index is 15.7. The van der Waals surface area contributed by atoms with Crippen LogP contribution < -0.4 is 18.9 Å². The molecule has 0 aliphatic carbocycles. The Morgan fingerprint density at radius 3 is 2.33 bits per heavy atom. The number of halogens is 1. The number of sulfone groups is 1. The molecule has 8 nitrogen and oxygen atoms in total. The molecule has 1 heterocycles. The third-order valence-electron chi connectivity index (χ3n) is 8.04. The van der Waals surface area contributed by atoms with Crippen molar-refractivity contribution in [2.75, 3.05) is 19.0 Å². The number of carbonyl (C=O) groups is 1. The Kier molecular flexibility index (Phi) is 11.2. The molecule has 10 heteroatoms. The maximum atomic E-state index is 15.7. The first kappa shape index (κ1) is 35.0. The van der Waals surface area contributed by atoms with Gasteiger partial charge in [0.25, 0.3) is 0 Å². The second kappa shape index (κ2) is 15.7. The lowest BCUT2D eigenvalue weighted by atomic mass is 9.91. The molecule has 4 aromatic carbocycles. The summed E-state index contributed by atoms with van der Waals surface area (Å²) in [6.07, 6.45) is 3.55. The zero-order valence-electron chi connectivity index (χ0n) is 26.9. The quantitative estimate of drug-likeness (QED) is 0.111. The van der Waals surface area contributed by atoms with Crippen molar-refractivity contribution in [3.05, 3.63) is 132 Å². The highest BCUT2D eigenvalue weighted by atomic mass is 32.2. The van der Waals surface area contributed by atoms with Gasteiger partial charge in [-0.3, -0.25) is 4.79 Å². The second-order valence-electron chi connectivity index (χ2n) is 11.4. The molecule has 0 radical (unpaired) electrons. The zero-order valence-corrected chi connectivity index (χ0v) is 27.7. The van der Waals surface area contributed by atoms with Crippen LogP contribution in [0.2, 0.25) is 0 Å². The van der Waals surface area contributed by atoms with Crippen molar-refractivity contribution in [2.45, 2.75) is 32.0 Å². The summed E-state index contributed by atoms with van der Waals surface area (Å²) in [5, 5.41) is 10.1. The zero-order chi connectivity index (χ0) is 35.0. The number of fused-ring (bicyclic) bond motifs is 1. The molecular weight excluding hydrogens is 647 g/mol. The Morgan fingerprint density at radius 2 is 1.65 bits per heavy atom. The highest BCUT2D eigenvalue weighted by molar-refractivity contribution is 7.94. The van der Waals surface area contributed by atoms with Crippen molar-refractivity contribution >= 4 is 28.0 Å². The smallest absolute Gasteiger partial charge is 0.304 e. The van der Waals surface area contributed by atoms with E-state index in [-0.39, 0.29) is 56.5 Å². The first-order valence-corrected chi connectivity index (χ1v) is 17.3. The average molecular weight is 685 g/mol. The van der Waals surface area contributed by atoms with E-state index >= 15 is 4.39 Å². The molecule has 0 aromatic heterocycles. The number of rotatable bonds is 17. The number of carboxylic acids is 1. The van der Waals surface area contributed by atoms with Gasteiger partial charge in [0.1, 0.15) is 42.0 Å². The summed E-state index contributed by atoms with van der Waals surface area (Å²) >= 11 is 0. The molecule has 0 saturated heterocycles. The largest absolute Gasteiger partial charge is 0.494 e. The van der Waals surface area contributed by atoms with Gasteiger partial charge in [-0.05, 0) is 47.4 Å². The summed E-state index contributed by atoms with van der Waals surface area (Å²) in [4.78, 5) is 11.2. The van der Waals surface area contributed by atoms with E-state index in [0.29, 0.717) is 45.3 Å². The van der Waals surface area contributed by atoms with Gasteiger partial charge in [0, 0.05) is 45.7 Å². The van der Waals surface area contributed by atoms with E-state index in [1.54, 1.807) is 48.6 Å². The van der Waals surface area contributed by atoms with Gasteiger partial charge in [-0.1, -0.05) is 68.3 Å². The van der Waals surface area contributed by atoms with E-state index in [4.69, 9.17) is 18.9 Å². The first-order chi connectivity index (χ1) is 23.6. The van der Waals surface area contributed by atoms with Crippen LogP contribution >= 0.6 is 0 Å². The van der Waals surface area contributed by atoms with Gasteiger partial charge in [-0.25, -0.2) is 12.8 Å². The second-order valence-corrected chi connectivity index (χ2v) is 13.5. The fraction of sp³-hybridized carbons (Fsp3) is 0.205. The number of benzene rings is 4. The van der Waals surface area contributed by atoms with E-state index in [1.807, 2.05) is 30.3 Å².